The molecule has 0 amide bonds. The molecule has 1 heterocycles. The average Bonchev–Trinajstić information content (AvgIpc) is 3.06. The molecule has 122 valence electrons. The standard InChI is InChI=1S/C17H14ClFN4S/c18-15-10-14(6-7-16(15)19)22-17(24)21-13-4-2-12(3-5-13)11-23-9-1-8-20-23/h1-10H,11H2,(H2,21,22,24). The van der Waals surface area contributed by atoms with Gasteiger partial charge in [0, 0.05) is 23.8 Å². The third-order valence-corrected chi connectivity index (χ3v) is 3.79. The second kappa shape index (κ2) is 7.42. The van der Waals surface area contributed by atoms with Crippen LogP contribution in [-0.4, -0.2) is 14.9 Å². The van der Waals surface area contributed by atoms with Gasteiger partial charge < -0.3 is 10.6 Å². The predicted octanol–water partition coefficient (Wildman–Crippen LogP) is 4.53. The monoisotopic (exact) mass is 360 g/mol. The predicted molar refractivity (Wildman–Crippen MR) is 99.0 cm³/mol. The van der Waals surface area contributed by atoms with Crippen LogP contribution in [-0.2, 0) is 6.54 Å². The Balaban J connectivity index is 1.58. The SMILES string of the molecule is Fc1ccc(NC(=S)Nc2ccc(Cn3cccn3)cc2)cc1Cl. The van der Waals surface area contributed by atoms with Crippen LogP contribution in [0.5, 0.6) is 0 Å². The number of halogens is 2. The summed E-state index contributed by atoms with van der Waals surface area (Å²) >= 11 is 11.0. The minimum atomic E-state index is -0.464. The Morgan fingerprint density at radius 3 is 2.50 bits per heavy atom. The van der Waals surface area contributed by atoms with Crippen molar-refractivity contribution in [1.29, 1.82) is 0 Å². The van der Waals surface area contributed by atoms with Gasteiger partial charge in [-0.2, -0.15) is 5.10 Å². The van der Waals surface area contributed by atoms with Gasteiger partial charge in [0.15, 0.2) is 5.11 Å². The van der Waals surface area contributed by atoms with Crippen LogP contribution in [0.25, 0.3) is 0 Å². The van der Waals surface area contributed by atoms with Crippen molar-refractivity contribution in [2.45, 2.75) is 6.54 Å². The first-order chi connectivity index (χ1) is 11.6. The molecule has 0 aliphatic heterocycles. The first-order valence-corrected chi connectivity index (χ1v) is 7.98. The van der Waals surface area contributed by atoms with Gasteiger partial charge in [-0.15, -0.1) is 0 Å². The molecule has 2 N–H and O–H groups in total. The molecule has 1 aromatic heterocycles. The molecule has 24 heavy (non-hydrogen) atoms. The highest BCUT2D eigenvalue weighted by Gasteiger charge is 2.03. The van der Waals surface area contributed by atoms with E-state index in [4.69, 9.17) is 23.8 Å². The van der Waals surface area contributed by atoms with Crippen molar-refractivity contribution in [3.63, 3.8) is 0 Å². The third kappa shape index (κ3) is 4.31. The molecule has 0 spiro atoms. The molecule has 0 atom stereocenters. The number of nitrogens with zero attached hydrogens (tertiary/aromatic N) is 2. The van der Waals surface area contributed by atoms with Crippen molar-refractivity contribution < 1.29 is 4.39 Å². The molecule has 0 unspecified atom stereocenters. The van der Waals surface area contributed by atoms with Crippen molar-refractivity contribution in [3.05, 3.63) is 77.3 Å². The van der Waals surface area contributed by atoms with Crippen LogP contribution < -0.4 is 10.6 Å². The highest BCUT2D eigenvalue weighted by atomic mass is 35.5. The molecule has 0 saturated carbocycles. The van der Waals surface area contributed by atoms with Crippen LogP contribution in [0.2, 0.25) is 5.02 Å². The normalized spacial score (nSPS) is 10.4. The Bertz CT molecular complexity index is 834. The van der Waals surface area contributed by atoms with Crippen molar-refractivity contribution in [3.8, 4) is 0 Å². The summed E-state index contributed by atoms with van der Waals surface area (Å²) in [5, 5.41) is 10.7. The van der Waals surface area contributed by atoms with Gasteiger partial charge in [-0.1, -0.05) is 23.7 Å². The van der Waals surface area contributed by atoms with Gasteiger partial charge in [0.05, 0.1) is 11.6 Å². The Morgan fingerprint density at radius 2 is 1.83 bits per heavy atom. The molecule has 0 aliphatic carbocycles. The Kier molecular flexibility index (Phi) is 5.08. The van der Waals surface area contributed by atoms with E-state index in [1.54, 1.807) is 12.3 Å². The fourth-order valence-electron chi connectivity index (χ4n) is 2.14. The topological polar surface area (TPSA) is 41.9 Å². The molecule has 2 aromatic carbocycles. The van der Waals surface area contributed by atoms with Gasteiger partial charge in [-0.05, 0) is 54.2 Å². The van der Waals surface area contributed by atoms with Crippen LogP contribution in [0, 0.1) is 5.82 Å². The van der Waals surface area contributed by atoms with Crippen LogP contribution in [0.3, 0.4) is 0 Å². The number of hydrogen-bond acceptors (Lipinski definition) is 2. The quantitative estimate of drug-likeness (QED) is 0.671. The van der Waals surface area contributed by atoms with E-state index in [1.807, 2.05) is 41.2 Å². The number of benzene rings is 2. The Hall–Kier alpha value is -2.44. The zero-order valence-electron chi connectivity index (χ0n) is 12.5. The number of thiocarbonyl (C=S) groups is 1. The number of hydrogen-bond donors (Lipinski definition) is 2. The molecule has 0 fully saturated rings. The maximum atomic E-state index is 13.1. The van der Waals surface area contributed by atoms with E-state index >= 15 is 0 Å². The molecule has 3 rings (SSSR count). The fraction of sp³-hybridized carbons (Fsp3) is 0.0588. The maximum Gasteiger partial charge on any atom is 0.175 e. The fourth-order valence-corrected chi connectivity index (χ4v) is 2.56. The highest BCUT2D eigenvalue weighted by Crippen LogP contribution is 2.19. The van der Waals surface area contributed by atoms with Crippen molar-refractivity contribution in [2.24, 2.45) is 0 Å². The van der Waals surface area contributed by atoms with E-state index in [0.717, 1.165) is 11.3 Å². The molecule has 4 nitrogen and oxygen atoms in total. The van der Waals surface area contributed by atoms with Gasteiger partial charge in [0.1, 0.15) is 5.82 Å². The lowest BCUT2D eigenvalue weighted by Gasteiger charge is -2.11. The Morgan fingerprint density at radius 1 is 1.12 bits per heavy atom. The number of rotatable bonds is 4. The maximum absolute atomic E-state index is 13.1. The molecule has 0 aliphatic rings. The second-order valence-electron chi connectivity index (χ2n) is 5.11. The first-order valence-electron chi connectivity index (χ1n) is 7.19. The summed E-state index contributed by atoms with van der Waals surface area (Å²) in [5.41, 5.74) is 2.60. The Labute approximate surface area is 149 Å². The van der Waals surface area contributed by atoms with Crippen molar-refractivity contribution in [1.82, 2.24) is 9.78 Å². The third-order valence-electron chi connectivity index (χ3n) is 3.29. The van der Waals surface area contributed by atoms with Gasteiger partial charge >= 0.3 is 0 Å². The molecular formula is C17H14ClFN4S. The molecule has 3 aromatic rings. The zero-order chi connectivity index (χ0) is 16.9. The summed E-state index contributed by atoms with van der Waals surface area (Å²) in [6.07, 6.45) is 3.67. The number of anilines is 2. The molecule has 7 heteroatoms. The van der Waals surface area contributed by atoms with Gasteiger partial charge in [-0.25, -0.2) is 4.39 Å². The lowest BCUT2D eigenvalue weighted by atomic mass is 10.2. The molecule has 0 saturated heterocycles. The lowest BCUT2D eigenvalue weighted by Crippen LogP contribution is -2.19. The summed E-state index contributed by atoms with van der Waals surface area (Å²) in [6.45, 7) is 0.712. The highest BCUT2D eigenvalue weighted by molar-refractivity contribution is 7.80. The zero-order valence-corrected chi connectivity index (χ0v) is 14.1. The summed E-state index contributed by atoms with van der Waals surface area (Å²) in [4.78, 5) is 0. The average molecular weight is 361 g/mol. The van der Waals surface area contributed by atoms with E-state index in [0.29, 0.717) is 17.3 Å². The first kappa shape index (κ1) is 16.4. The molecule has 0 bridgehead atoms. The smallest absolute Gasteiger partial charge is 0.175 e. The summed E-state index contributed by atoms with van der Waals surface area (Å²) < 4.78 is 15.0. The van der Waals surface area contributed by atoms with Gasteiger partial charge in [0.2, 0.25) is 0 Å². The van der Waals surface area contributed by atoms with E-state index in [1.165, 1.54) is 12.1 Å². The molecular weight excluding hydrogens is 347 g/mol. The second-order valence-corrected chi connectivity index (χ2v) is 5.92. The lowest BCUT2D eigenvalue weighted by molar-refractivity contribution is 0.628. The van der Waals surface area contributed by atoms with E-state index in [2.05, 4.69) is 15.7 Å². The largest absolute Gasteiger partial charge is 0.332 e. The van der Waals surface area contributed by atoms with Crippen LogP contribution in [0.15, 0.2) is 60.9 Å². The van der Waals surface area contributed by atoms with Crippen molar-refractivity contribution in [2.75, 3.05) is 10.6 Å². The van der Waals surface area contributed by atoms with Gasteiger partial charge in [0.25, 0.3) is 0 Å². The van der Waals surface area contributed by atoms with E-state index in [9.17, 15) is 4.39 Å². The van der Waals surface area contributed by atoms with Crippen LogP contribution >= 0.6 is 23.8 Å². The number of nitrogens with one attached hydrogen (secondary N) is 2. The van der Waals surface area contributed by atoms with Crippen molar-refractivity contribution >= 4 is 40.3 Å². The summed E-state index contributed by atoms with van der Waals surface area (Å²) in [5.74, 6) is -0.464. The summed E-state index contributed by atoms with van der Waals surface area (Å²) in [7, 11) is 0. The number of aromatic nitrogens is 2. The van der Waals surface area contributed by atoms with Gasteiger partial charge in [-0.3, -0.25) is 4.68 Å². The van der Waals surface area contributed by atoms with E-state index in [-0.39, 0.29) is 5.02 Å². The summed E-state index contributed by atoms with van der Waals surface area (Å²) in [6, 6.07) is 14.1. The minimum Gasteiger partial charge on any atom is -0.332 e. The molecule has 0 radical (unpaired) electrons. The van der Waals surface area contributed by atoms with Crippen LogP contribution in [0.4, 0.5) is 15.8 Å². The van der Waals surface area contributed by atoms with Crippen LogP contribution in [0.1, 0.15) is 5.56 Å². The van der Waals surface area contributed by atoms with E-state index < -0.39 is 5.82 Å². The minimum absolute atomic E-state index is 0.0470.